The van der Waals surface area contributed by atoms with Crippen LogP contribution in [-0.4, -0.2) is 32.0 Å². The molecule has 0 spiro atoms. The summed E-state index contributed by atoms with van der Waals surface area (Å²) in [6.45, 7) is 0. The van der Waals surface area contributed by atoms with E-state index in [1.165, 1.54) is 16.4 Å². The van der Waals surface area contributed by atoms with Crippen molar-refractivity contribution in [3.05, 3.63) is 59.1 Å². The molecule has 1 aliphatic heterocycles. The lowest BCUT2D eigenvalue weighted by atomic mass is 10.1. The average molecular weight is 397 g/mol. The molecule has 3 heterocycles. The van der Waals surface area contributed by atoms with Crippen molar-refractivity contribution in [2.75, 3.05) is 7.11 Å². The number of methoxy groups -OCH3 is 1. The van der Waals surface area contributed by atoms with E-state index >= 15 is 0 Å². The number of aliphatic hydroxyl groups is 1. The molecule has 1 aliphatic rings. The number of rotatable bonds is 2. The van der Waals surface area contributed by atoms with Crippen LogP contribution in [0.4, 0.5) is 0 Å². The first-order chi connectivity index (χ1) is 13.1. The summed E-state index contributed by atoms with van der Waals surface area (Å²) >= 11 is 7.34. The van der Waals surface area contributed by atoms with Crippen molar-refractivity contribution in [3.63, 3.8) is 0 Å². The van der Waals surface area contributed by atoms with Gasteiger partial charge in [-0.25, -0.2) is 14.6 Å². The molecule has 134 valence electrons. The Kier molecular flexibility index (Phi) is 3.82. The fourth-order valence-corrected chi connectivity index (χ4v) is 4.12. The van der Waals surface area contributed by atoms with E-state index in [1.807, 2.05) is 36.4 Å². The summed E-state index contributed by atoms with van der Waals surface area (Å²) in [5.41, 5.74) is 2.36. The second kappa shape index (κ2) is 6.23. The number of pyridine rings is 1. The quantitative estimate of drug-likeness (QED) is 0.548. The van der Waals surface area contributed by atoms with Gasteiger partial charge in [0.25, 0.3) is 0 Å². The highest BCUT2D eigenvalue weighted by Crippen LogP contribution is 2.40. The fraction of sp³-hybridized carbons (Fsp3) is 0.105. The molecule has 0 aliphatic carbocycles. The summed E-state index contributed by atoms with van der Waals surface area (Å²) in [4.78, 5) is 9.24. The second-order valence-electron chi connectivity index (χ2n) is 6.09. The van der Waals surface area contributed by atoms with Gasteiger partial charge in [-0.2, -0.15) is 0 Å². The highest BCUT2D eigenvalue weighted by Gasteiger charge is 2.29. The highest BCUT2D eigenvalue weighted by molar-refractivity contribution is 7.99. The average Bonchev–Trinajstić information content (AvgIpc) is 3.11. The van der Waals surface area contributed by atoms with Crippen molar-refractivity contribution in [1.82, 2.24) is 19.7 Å². The van der Waals surface area contributed by atoms with Crippen molar-refractivity contribution in [3.8, 4) is 17.1 Å². The molecular formula is C19H13ClN4O2S. The molecule has 8 heteroatoms. The third kappa shape index (κ3) is 2.75. The topological polar surface area (TPSA) is 73.1 Å². The van der Waals surface area contributed by atoms with Gasteiger partial charge in [0.2, 0.25) is 0 Å². The smallest absolute Gasteiger partial charge is 0.195 e. The van der Waals surface area contributed by atoms with E-state index in [0.717, 1.165) is 27.2 Å². The second-order valence-corrected chi connectivity index (χ2v) is 7.48. The molecule has 0 unspecified atom stereocenters. The molecule has 0 bridgehead atoms. The van der Waals surface area contributed by atoms with Gasteiger partial charge in [0.05, 0.1) is 12.6 Å². The predicted molar refractivity (Wildman–Crippen MR) is 103 cm³/mol. The van der Waals surface area contributed by atoms with Gasteiger partial charge >= 0.3 is 0 Å². The molecular weight excluding hydrogens is 384 g/mol. The van der Waals surface area contributed by atoms with Crippen LogP contribution >= 0.6 is 23.4 Å². The lowest BCUT2D eigenvalue weighted by Gasteiger charge is -2.21. The molecule has 2 aromatic carbocycles. The SMILES string of the molecule is COc1ccc2nc3c(cc2c1)[C@@H](O)n1nc(-c2ccc(Cl)cc2)nc1S3. The van der Waals surface area contributed by atoms with Crippen molar-refractivity contribution < 1.29 is 9.84 Å². The molecule has 4 aromatic rings. The van der Waals surface area contributed by atoms with Crippen LogP contribution in [0.25, 0.3) is 22.3 Å². The third-order valence-corrected chi connectivity index (χ3v) is 5.65. The Hall–Kier alpha value is -2.61. The van der Waals surface area contributed by atoms with Gasteiger partial charge in [-0.3, -0.25) is 0 Å². The summed E-state index contributed by atoms with van der Waals surface area (Å²) < 4.78 is 6.80. The largest absolute Gasteiger partial charge is 0.497 e. The van der Waals surface area contributed by atoms with Gasteiger partial charge in [0.15, 0.2) is 17.2 Å². The lowest BCUT2D eigenvalue weighted by Crippen LogP contribution is -2.18. The maximum atomic E-state index is 10.9. The summed E-state index contributed by atoms with van der Waals surface area (Å²) in [6, 6.07) is 14.9. The molecule has 0 radical (unpaired) electrons. The number of hydrogen-bond donors (Lipinski definition) is 1. The molecule has 2 aromatic heterocycles. The summed E-state index contributed by atoms with van der Waals surface area (Å²) in [5.74, 6) is 1.28. The van der Waals surface area contributed by atoms with E-state index in [4.69, 9.17) is 16.3 Å². The Morgan fingerprint density at radius 1 is 1.11 bits per heavy atom. The molecule has 27 heavy (non-hydrogen) atoms. The highest BCUT2D eigenvalue weighted by atomic mass is 35.5. The van der Waals surface area contributed by atoms with Crippen LogP contribution in [0.3, 0.4) is 0 Å². The number of nitrogens with zero attached hydrogens (tertiary/aromatic N) is 4. The van der Waals surface area contributed by atoms with Crippen LogP contribution in [0.1, 0.15) is 11.8 Å². The van der Waals surface area contributed by atoms with E-state index in [9.17, 15) is 5.11 Å². The van der Waals surface area contributed by atoms with E-state index in [0.29, 0.717) is 21.6 Å². The summed E-state index contributed by atoms with van der Waals surface area (Å²) in [5, 5.41) is 18.2. The van der Waals surface area contributed by atoms with Crippen LogP contribution in [0.2, 0.25) is 5.02 Å². The zero-order valence-electron chi connectivity index (χ0n) is 14.1. The number of hydrogen-bond acceptors (Lipinski definition) is 6. The standard InChI is InChI=1S/C19H13ClN4O2S/c1-26-13-6-7-15-11(8-13)9-14-17(21-15)27-19-22-16(23-24(19)18(14)25)10-2-4-12(20)5-3-10/h2-9,18,25H,1H3/t18-/m1/s1. The first kappa shape index (κ1) is 16.6. The number of fused-ring (bicyclic) bond motifs is 3. The monoisotopic (exact) mass is 396 g/mol. The van der Waals surface area contributed by atoms with Crippen LogP contribution in [0.15, 0.2) is 58.7 Å². The summed E-state index contributed by atoms with van der Waals surface area (Å²) in [7, 11) is 1.62. The Balaban J connectivity index is 1.60. The van der Waals surface area contributed by atoms with E-state index < -0.39 is 6.23 Å². The van der Waals surface area contributed by atoms with Crippen molar-refractivity contribution in [2.45, 2.75) is 16.4 Å². The zero-order valence-corrected chi connectivity index (χ0v) is 15.7. The Morgan fingerprint density at radius 3 is 2.70 bits per heavy atom. The first-order valence-electron chi connectivity index (χ1n) is 8.19. The maximum Gasteiger partial charge on any atom is 0.195 e. The number of ether oxygens (including phenoxy) is 1. The maximum absolute atomic E-state index is 10.9. The number of aromatic nitrogens is 4. The van der Waals surface area contributed by atoms with Gasteiger partial charge < -0.3 is 9.84 Å². The van der Waals surface area contributed by atoms with Gasteiger partial charge in [-0.15, -0.1) is 5.10 Å². The summed E-state index contributed by atoms with van der Waals surface area (Å²) in [6.07, 6.45) is -0.951. The Morgan fingerprint density at radius 2 is 1.93 bits per heavy atom. The van der Waals surface area contributed by atoms with Gasteiger partial charge in [-0.1, -0.05) is 11.6 Å². The van der Waals surface area contributed by atoms with Crippen LogP contribution in [-0.2, 0) is 0 Å². The van der Waals surface area contributed by atoms with Gasteiger partial charge in [-0.05, 0) is 60.3 Å². The minimum absolute atomic E-state index is 0.534. The van der Waals surface area contributed by atoms with Crippen molar-refractivity contribution in [1.29, 1.82) is 0 Å². The van der Waals surface area contributed by atoms with E-state index in [1.54, 1.807) is 19.2 Å². The van der Waals surface area contributed by atoms with E-state index in [-0.39, 0.29) is 0 Å². The van der Waals surface area contributed by atoms with Crippen molar-refractivity contribution in [2.24, 2.45) is 0 Å². The Labute approximate surface area is 163 Å². The van der Waals surface area contributed by atoms with Gasteiger partial charge in [0, 0.05) is 21.5 Å². The molecule has 6 nitrogen and oxygen atoms in total. The predicted octanol–water partition coefficient (Wildman–Crippen LogP) is 4.16. The van der Waals surface area contributed by atoms with Crippen LogP contribution in [0.5, 0.6) is 5.75 Å². The fourth-order valence-electron chi connectivity index (χ4n) is 3.02. The minimum atomic E-state index is -0.951. The molecule has 0 saturated heterocycles. The number of aliphatic hydroxyl groups excluding tert-OH is 1. The van der Waals surface area contributed by atoms with E-state index in [2.05, 4.69) is 15.1 Å². The molecule has 1 atom stereocenters. The minimum Gasteiger partial charge on any atom is -0.497 e. The molecule has 0 fully saturated rings. The number of halogens is 1. The molecule has 1 N–H and O–H groups in total. The molecule has 0 amide bonds. The normalized spacial score (nSPS) is 15.4. The lowest BCUT2D eigenvalue weighted by molar-refractivity contribution is 0.116. The Bertz CT molecular complexity index is 1180. The zero-order chi connectivity index (χ0) is 18.5. The number of benzene rings is 2. The first-order valence-corrected chi connectivity index (χ1v) is 9.39. The van der Waals surface area contributed by atoms with Crippen LogP contribution in [0, 0.1) is 0 Å². The third-order valence-electron chi connectivity index (χ3n) is 4.41. The molecule has 0 saturated carbocycles. The van der Waals surface area contributed by atoms with Crippen LogP contribution < -0.4 is 4.74 Å². The van der Waals surface area contributed by atoms with Crippen molar-refractivity contribution >= 4 is 34.3 Å². The molecule has 5 rings (SSSR count). The van der Waals surface area contributed by atoms with Gasteiger partial charge in [0.1, 0.15) is 10.8 Å².